The van der Waals surface area contributed by atoms with Crippen LogP contribution in [0.25, 0.3) is 0 Å². The molecule has 114 valence electrons. The molecule has 0 bridgehead atoms. The standard InChI is InChI=1S/C14H18ClN5.ClH/c15-10-6-2-3-7-11(10)20-13(17)18-12(16)19-14(20)8-4-1-5-9-14;/h2-3,6-7H,1,4-5,8-9H2,(H4,16,17,18,19);1H. The lowest BCUT2D eigenvalue weighted by Gasteiger charge is -2.45. The minimum absolute atomic E-state index is 0. The first kappa shape index (κ1) is 15.9. The molecule has 4 N–H and O–H groups in total. The summed E-state index contributed by atoms with van der Waals surface area (Å²) >= 11 is 6.33. The number of nitrogens with two attached hydrogens (primary N) is 2. The molecule has 0 aromatic heterocycles. The molecule has 1 aromatic carbocycles. The second-order valence-electron chi connectivity index (χ2n) is 5.27. The molecule has 1 aliphatic heterocycles. The lowest BCUT2D eigenvalue weighted by molar-refractivity contribution is 0.305. The largest absolute Gasteiger partial charge is 0.369 e. The summed E-state index contributed by atoms with van der Waals surface area (Å²) in [5, 5.41) is 0.645. The van der Waals surface area contributed by atoms with Gasteiger partial charge in [0.25, 0.3) is 0 Å². The van der Waals surface area contributed by atoms with Crippen molar-refractivity contribution in [3.63, 3.8) is 0 Å². The minimum Gasteiger partial charge on any atom is -0.369 e. The maximum Gasteiger partial charge on any atom is 0.220 e. The fraction of sp³-hybridized carbons (Fsp3) is 0.429. The van der Waals surface area contributed by atoms with Crippen LogP contribution in [0.5, 0.6) is 0 Å². The average molecular weight is 328 g/mol. The molecule has 1 spiro atoms. The van der Waals surface area contributed by atoms with Crippen molar-refractivity contribution in [1.29, 1.82) is 0 Å². The van der Waals surface area contributed by atoms with E-state index in [0.717, 1.165) is 31.4 Å². The molecule has 0 atom stereocenters. The molecule has 7 heteroatoms. The first-order valence-electron chi connectivity index (χ1n) is 6.87. The highest BCUT2D eigenvalue weighted by Gasteiger charge is 2.43. The molecular formula is C14H19Cl2N5. The number of rotatable bonds is 1. The van der Waals surface area contributed by atoms with Gasteiger partial charge < -0.3 is 11.5 Å². The van der Waals surface area contributed by atoms with E-state index < -0.39 is 5.66 Å². The third kappa shape index (κ3) is 2.80. The number of anilines is 1. The van der Waals surface area contributed by atoms with Crippen LogP contribution < -0.4 is 16.4 Å². The van der Waals surface area contributed by atoms with Gasteiger partial charge in [-0.25, -0.2) is 4.99 Å². The fourth-order valence-corrected chi connectivity index (χ4v) is 3.32. The lowest BCUT2D eigenvalue weighted by Crippen LogP contribution is -2.58. The summed E-state index contributed by atoms with van der Waals surface area (Å²) < 4.78 is 0. The quantitative estimate of drug-likeness (QED) is 0.832. The van der Waals surface area contributed by atoms with Crippen molar-refractivity contribution in [2.24, 2.45) is 21.5 Å². The molecule has 0 amide bonds. The van der Waals surface area contributed by atoms with Crippen LogP contribution in [0.15, 0.2) is 34.3 Å². The van der Waals surface area contributed by atoms with Gasteiger partial charge in [-0.3, -0.25) is 4.90 Å². The van der Waals surface area contributed by atoms with Crippen LogP contribution in [-0.4, -0.2) is 17.6 Å². The van der Waals surface area contributed by atoms with E-state index in [2.05, 4.69) is 9.98 Å². The van der Waals surface area contributed by atoms with Crippen LogP contribution in [0.1, 0.15) is 32.1 Å². The topological polar surface area (TPSA) is 80.0 Å². The Balaban J connectivity index is 0.00000161. The number of nitrogens with zero attached hydrogens (tertiary/aromatic N) is 3. The highest BCUT2D eigenvalue weighted by Crippen LogP contribution is 2.41. The van der Waals surface area contributed by atoms with Gasteiger partial charge >= 0.3 is 0 Å². The monoisotopic (exact) mass is 327 g/mol. The van der Waals surface area contributed by atoms with Gasteiger partial charge in [0.05, 0.1) is 10.7 Å². The predicted octanol–water partition coefficient (Wildman–Crippen LogP) is 2.87. The van der Waals surface area contributed by atoms with E-state index in [1.807, 2.05) is 29.2 Å². The maximum atomic E-state index is 6.33. The van der Waals surface area contributed by atoms with Gasteiger partial charge in [-0.15, -0.1) is 12.4 Å². The Kier molecular flexibility index (Phi) is 4.64. The van der Waals surface area contributed by atoms with Crippen LogP contribution in [-0.2, 0) is 0 Å². The molecule has 0 unspecified atom stereocenters. The highest BCUT2D eigenvalue weighted by atomic mass is 35.5. The predicted molar refractivity (Wildman–Crippen MR) is 90.2 cm³/mol. The number of halogens is 2. The third-order valence-electron chi connectivity index (χ3n) is 3.94. The SMILES string of the molecule is Cl.NC1=NC2(CCCCC2)N(c2ccccc2Cl)C(N)=N1. The van der Waals surface area contributed by atoms with Crippen molar-refractivity contribution in [3.8, 4) is 0 Å². The Morgan fingerprint density at radius 3 is 2.43 bits per heavy atom. The van der Waals surface area contributed by atoms with Gasteiger partial charge in [-0.05, 0) is 37.8 Å². The van der Waals surface area contributed by atoms with E-state index in [9.17, 15) is 0 Å². The summed E-state index contributed by atoms with van der Waals surface area (Å²) in [6.07, 6.45) is 5.24. The summed E-state index contributed by atoms with van der Waals surface area (Å²) in [7, 11) is 0. The summed E-state index contributed by atoms with van der Waals surface area (Å²) in [5.74, 6) is 0.625. The van der Waals surface area contributed by atoms with E-state index in [-0.39, 0.29) is 18.4 Å². The van der Waals surface area contributed by atoms with Crippen molar-refractivity contribution >= 4 is 41.6 Å². The Hall–Kier alpha value is -1.46. The zero-order chi connectivity index (χ0) is 14.2. The van der Waals surface area contributed by atoms with Crippen molar-refractivity contribution in [2.75, 3.05) is 4.90 Å². The van der Waals surface area contributed by atoms with Crippen LogP contribution in [0.3, 0.4) is 0 Å². The third-order valence-corrected chi connectivity index (χ3v) is 4.26. The number of guanidine groups is 2. The fourth-order valence-electron chi connectivity index (χ4n) is 3.10. The van der Waals surface area contributed by atoms with Crippen molar-refractivity contribution < 1.29 is 0 Å². The molecule has 2 aliphatic rings. The van der Waals surface area contributed by atoms with E-state index in [1.54, 1.807) is 0 Å². The Morgan fingerprint density at radius 1 is 1.10 bits per heavy atom. The number of benzene rings is 1. The maximum absolute atomic E-state index is 6.33. The number of hydrogen-bond acceptors (Lipinski definition) is 5. The lowest BCUT2D eigenvalue weighted by atomic mass is 9.87. The average Bonchev–Trinajstić information content (AvgIpc) is 2.41. The molecule has 1 aromatic rings. The summed E-state index contributed by atoms with van der Waals surface area (Å²) in [4.78, 5) is 10.7. The minimum atomic E-state index is -0.431. The van der Waals surface area contributed by atoms with Gasteiger partial charge in [0.15, 0.2) is 0 Å². The number of aliphatic imine (C=N–C) groups is 2. The van der Waals surface area contributed by atoms with Crippen molar-refractivity contribution in [3.05, 3.63) is 29.3 Å². The summed E-state index contributed by atoms with van der Waals surface area (Å²) in [6, 6.07) is 7.63. The molecule has 21 heavy (non-hydrogen) atoms. The van der Waals surface area contributed by atoms with Crippen LogP contribution in [0.4, 0.5) is 5.69 Å². The normalized spacial score (nSPS) is 20.5. The highest BCUT2D eigenvalue weighted by molar-refractivity contribution is 6.34. The summed E-state index contributed by atoms with van der Waals surface area (Å²) in [6.45, 7) is 0. The Labute approximate surface area is 135 Å². The first-order chi connectivity index (χ1) is 9.62. The van der Waals surface area contributed by atoms with Crippen LogP contribution in [0, 0.1) is 0 Å². The van der Waals surface area contributed by atoms with Gasteiger partial charge in [0.2, 0.25) is 11.9 Å². The van der Waals surface area contributed by atoms with Crippen LogP contribution >= 0.6 is 24.0 Å². The van der Waals surface area contributed by atoms with Gasteiger partial charge in [0.1, 0.15) is 5.66 Å². The molecular weight excluding hydrogens is 309 g/mol. The van der Waals surface area contributed by atoms with E-state index in [1.165, 1.54) is 6.42 Å². The second kappa shape index (κ2) is 6.12. The molecule has 1 aliphatic carbocycles. The first-order valence-corrected chi connectivity index (χ1v) is 7.24. The molecule has 1 heterocycles. The Bertz CT molecular complexity index is 578. The molecule has 0 radical (unpaired) electrons. The van der Waals surface area contributed by atoms with Gasteiger partial charge in [0, 0.05) is 0 Å². The van der Waals surface area contributed by atoms with Crippen molar-refractivity contribution in [2.45, 2.75) is 37.8 Å². The van der Waals surface area contributed by atoms with E-state index >= 15 is 0 Å². The van der Waals surface area contributed by atoms with E-state index in [0.29, 0.717) is 11.0 Å². The Morgan fingerprint density at radius 2 is 1.76 bits per heavy atom. The van der Waals surface area contributed by atoms with Gasteiger partial charge in [-0.1, -0.05) is 30.2 Å². The zero-order valence-electron chi connectivity index (χ0n) is 11.6. The van der Waals surface area contributed by atoms with E-state index in [4.69, 9.17) is 23.1 Å². The molecule has 0 saturated heterocycles. The second-order valence-corrected chi connectivity index (χ2v) is 5.68. The number of para-hydroxylation sites is 1. The smallest absolute Gasteiger partial charge is 0.220 e. The molecule has 1 saturated carbocycles. The van der Waals surface area contributed by atoms with Crippen molar-refractivity contribution in [1.82, 2.24) is 0 Å². The molecule has 5 nitrogen and oxygen atoms in total. The number of hydrogen-bond donors (Lipinski definition) is 2. The molecule has 1 fully saturated rings. The van der Waals surface area contributed by atoms with Gasteiger partial charge in [-0.2, -0.15) is 4.99 Å². The zero-order valence-corrected chi connectivity index (χ0v) is 13.2. The summed E-state index contributed by atoms with van der Waals surface area (Å²) in [5.41, 5.74) is 12.4. The molecule has 3 rings (SSSR count). The van der Waals surface area contributed by atoms with Crippen LogP contribution in [0.2, 0.25) is 5.02 Å².